The Kier molecular flexibility index (Phi) is 2.76. The molecule has 0 amide bonds. The fourth-order valence-electron chi connectivity index (χ4n) is 1.54. The van der Waals surface area contributed by atoms with Gasteiger partial charge in [0.2, 0.25) is 0 Å². The molecule has 0 aliphatic heterocycles. The molecule has 0 atom stereocenters. The molecule has 8 nitrogen and oxygen atoms in total. The Morgan fingerprint density at radius 1 is 1.22 bits per heavy atom. The molecule has 0 saturated heterocycles. The molecule has 0 spiro atoms. The van der Waals surface area contributed by atoms with Crippen molar-refractivity contribution >= 4 is 11.4 Å². The number of nitro groups is 2. The molecule has 0 aliphatic rings. The van der Waals surface area contributed by atoms with Crippen LogP contribution in [-0.2, 0) is 0 Å². The zero-order valence-electron chi connectivity index (χ0n) is 9.31. The Labute approximate surface area is 101 Å². The zero-order valence-corrected chi connectivity index (χ0v) is 9.31. The molecule has 1 heterocycles. The van der Waals surface area contributed by atoms with Gasteiger partial charge in [-0.05, 0) is 13.0 Å². The first kappa shape index (κ1) is 11.7. The summed E-state index contributed by atoms with van der Waals surface area (Å²) < 4.78 is 1.46. The lowest BCUT2D eigenvalue weighted by Crippen LogP contribution is -1.99. The van der Waals surface area contributed by atoms with Crippen LogP contribution in [0.5, 0.6) is 0 Å². The van der Waals surface area contributed by atoms with E-state index >= 15 is 0 Å². The largest absolute Gasteiger partial charge is 0.300 e. The molecule has 18 heavy (non-hydrogen) atoms. The molecule has 92 valence electrons. The molecule has 2 rings (SSSR count). The van der Waals surface area contributed by atoms with Crippen molar-refractivity contribution in [3.8, 4) is 5.69 Å². The van der Waals surface area contributed by atoms with Gasteiger partial charge in [-0.1, -0.05) is 0 Å². The summed E-state index contributed by atoms with van der Waals surface area (Å²) in [7, 11) is 0. The maximum absolute atomic E-state index is 10.9. The number of non-ortho nitro benzene ring substituents is 1. The van der Waals surface area contributed by atoms with E-state index in [1.807, 2.05) is 0 Å². The van der Waals surface area contributed by atoms with Crippen molar-refractivity contribution < 1.29 is 9.85 Å². The third-order valence-electron chi connectivity index (χ3n) is 2.36. The van der Waals surface area contributed by atoms with Gasteiger partial charge in [0.15, 0.2) is 0 Å². The van der Waals surface area contributed by atoms with Crippen LogP contribution in [0.1, 0.15) is 5.69 Å². The van der Waals surface area contributed by atoms with E-state index in [2.05, 4.69) is 4.98 Å². The highest BCUT2D eigenvalue weighted by Crippen LogP contribution is 2.27. The van der Waals surface area contributed by atoms with Crippen molar-refractivity contribution in [1.82, 2.24) is 9.55 Å². The number of aryl methyl sites for hydroxylation is 1. The normalized spacial score (nSPS) is 10.3. The standard InChI is InChI=1S/C10H8N4O4/c1-7-5-12(6-11-7)9-3-2-8(13(15)16)4-10(9)14(17)18/h2-6H,1H3. The van der Waals surface area contributed by atoms with E-state index in [-0.39, 0.29) is 17.1 Å². The van der Waals surface area contributed by atoms with E-state index in [1.165, 1.54) is 23.0 Å². The minimum Gasteiger partial charge on any atom is -0.300 e. The first-order valence-electron chi connectivity index (χ1n) is 4.93. The number of benzene rings is 1. The number of rotatable bonds is 3. The van der Waals surface area contributed by atoms with E-state index in [0.29, 0.717) is 5.69 Å². The molecule has 0 aliphatic carbocycles. The highest BCUT2D eigenvalue weighted by Gasteiger charge is 2.20. The molecule has 1 aromatic carbocycles. The summed E-state index contributed by atoms with van der Waals surface area (Å²) in [4.78, 5) is 24.1. The number of nitro benzene ring substituents is 2. The molecule has 0 N–H and O–H groups in total. The summed E-state index contributed by atoms with van der Waals surface area (Å²) in [5.41, 5.74) is 0.290. The molecular weight excluding hydrogens is 240 g/mol. The molecule has 1 aromatic heterocycles. The molecule has 0 unspecified atom stereocenters. The Morgan fingerprint density at radius 3 is 2.44 bits per heavy atom. The lowest BCUT2D eigenvalue weighted by Gasteiger charge is -2.02. The van der Waals surface area contributed by atoms with Crippen LogP contribution >= 0.6 is 0 Å². The first-order valence-corrected chi connectivity index (χ1v) is 4.93. The number of hydrogen-bond donors (Lipinski definition) is 0. The Bertz CT molecular complexity index is 635. The third-order valence-corrected chi connectivity index (χ3v) is 2.36. The van der Waals surface area contributed by atoms with Gasteiger partial charge in [0.25, 0.3) is 11.4 Å². The lowest BCUT2D eigenvalue weighted by atomic mass is 10.2. The van der Waals surface area contributed by atoms with Crippen LogP contribution in [0.15, 0.2) is 30.7 Å². The van der Waals surface area contributed by atoms with E-state index in [9.17, 15) is 20.2 Å². The van der Waals surface area contributed by atoms with Crippen molar-refractivity contribution in [1.29, 1.82) is 0 Å². The number of hydrogen-bond acceptors (Lipinski definition) is 5. The molecule has 0 bridgehead atoms. The van der Waals surface area contributed by atoms with Crippen LogP contribution in [-0.4, -0.2) is 19.4 Å². The van der Waals surface area contributed by atoms with Crippen molar-refractivity contribution in [3.05, 3.63) is 56.6 Å². The smallest absolute Gasteiger partial charge is 0.300 e. The molecule has 0 saturated carbocycles. The van der Waals surface area contributed by atoms with Crippen molar-refractivity contribution in [2.24, 2.45) is 0 Å². The topological polar surface area (TPSA) is 104 Å². The average molecular weight is 248 g/mol. The second-order valence-electron chi connectivity index (χ2n) is 3.61. The summed E-state index contributed by atoms with van der Waals surface area (Å²) in [6.07, 6.45) is 3.03. The molecule has 0 fully saturated rings. The summed E-state index contributed by atoms with van der Waals surface area (Å²) >= 11 is 0. The fourth-order valence-corrected chi connectivity index (χ4v) is 1.54. The van der Waals surface area contributed by atoms with Gasteiger partial charge in [0.05, 0.1) is 27.9 Å². The Hall–Kier alpha value is -2.77. The predicted octanol–water partition coefficient (Wildman–Crippen LogP) is 2.00. The quantitative estimate of drug-likeness (QED) is 0.610. The van der Waals surface area contributed by atoms with Crippen LogP contribution in [0.25, 0.3) is 5.69 Å². The van der Waals surface area contributed by atoms with Crippen LogP contribution < -0.4 is 0 Å². The van der Waals surface area contributed by atoms with Crippen LogP contribution in [0.3, 0.4) is 0 Å². The number of imidazole rings is 1. The van der Waals surface area contributed by atoms with Gasteiger partial charge < -0.3 is 0 Å². The lowest BCUT2D eigenvalue weighted by molar-refractivity contribution is -0.394. The van der Waals surface area contributed by atoms with E-state index in [4.69, 9.17) is 0 Å². The minimum absolute atomic E-state index is 0.242. The molecular formula is C10H8N4O4. The summed E-state index contributed by atoms with van der Waals surface area (Å²) in [5.74, 6) is 0. The van der Waals surface area contributed by atoms with Crippen LogP contribution in [0.4, 0.5) is 11.4 Å². The van der Waals surface area contributed by atoms with Gasteiger partial charge in [-0.2, -0.15) is 0 Å². The Morgan fingerprint density at radius 2 is 1.94 bits per heavy atom. The van der Waals surface area contributed by atoms with Gasteiger partial charge in [0, 0.05) is 12.3 Å². The zero-order chi connectivity index (χ0) is 13.3. The SMILES string of the molecule is Cc1cn(-c2ccc([N+](=O)[O-])cc2[N+](=O)[O-])cn1. The third kappa shape index (κ3) is 2.03. The predicted molar refractivity (Wildman–Crippen MR) is 61.6 cm³/mol. The maximum Gasteiger partial charge on any atom is 0.300 e. The summed E-state index contributed by atoms with van der Waals surface area (Å²) in [6.45, 7) is 1.74. The summed E-state index contributed by atoms with van der Waals surface area (Å²) in [6, 6.07) is 3.49. The second kappa shape index (κ2) is 4.24. The molecule has 2 aromatic rings. The molecule has 8 heteroatoms. The van der Waals surface area contributed by atoms with Crippen LogP contribution in [0, 0.1) is 27.2 Å². The van der Waals surface area contributed by atoms with Gasteiger partial charge in [0.1, 0.15) is 5.69 Å². The van der Waals surface area contributed by atoms with Crippen molar-refractivity contribution in [2.45, 2.75) is 6.92 Å². The van der Waals surface area contributed by atoms with Gasteiger partial charge in [-0.25, -0.2) is 4.98 Å². The number of nitrogens with zero attached hydrogens (tertiary/aromatic N) is 4. The van der Waals surface area contributed by atoms with Gasteiger partial charge in [-0.3, -0.25) is 24.8 Å². The van der Waals surface area contributed by atoms with Gasteiger partial charge >= 0.3 is 0 Å². The van der Waals surface area contributed by atoms with E-state index in [1.54, 1.807) is 13.1 Å². The van der Waals surface area contributed by atoms with Crippen molar-refractivity contribution in [3.63, 3.8) is 0 Å². The Balaban J connectivity index is 2.60. The van der Waals surface area contributed by atoms with E-state index < -0.39 is 9.85 Å². The highest BCUT2D eigenvalue weighted by atomic mass is 16.6. The maximum atomic E-state index is 10.9. The minimum atomic E-state index is -0.671. The summed E-state index contributed by atoms with van der Waals surface area (Å²) in [5, 5.41) is 21.5. The van der Waals surface area contributed by atoms with Crippen LogP contribution in [0.2, 0.25) is 0 Å². The average Bonchev–Trinajstić information content (AvgIpc) is 2.74. The first-order chi connectivity index (χ1) is 8.49. The highest BCUT2D eigenvalue weighted by molar-refractivity contribution is 5.58. The van der Waals surface area contributed by atoms with Gasteiger partial charge in [-0.15, -0.1) is 0 Å². The van der Waals surface area contributed by atoms with E-state index in [0.717, 1.165) is 6.07 Å². The monoisotopic (exact) mass is 248 g/mol. The number of aromatic nitrogens is 2. The fraction of sp³-hybridized carbons (Fsp3) is 0.100. The second-order valence-corrected chi connectivity index (χ2v) is 3.61. The molecule has 0 radical (unpaired) electrons. The van der Waals surface area contributed by atoms with Crippen molar-refractivity contribution in [2.75, 3.05) is 0 Å².